The molecule has 168 valence electrons. The van der Waals surface area contributed by atoms with Gasteiger partial charge >= 0.3 is 0 Å². The van der Waals surface area contributed by atoms with Crippen molar-refractivity contribution < 1.29 is 14.3 Å². The van der Waals surface area contributed by atoms with Gasteiger partial charge in [-0.05, 0) is 70.1 Å². The standard InChI is InChI=1S/C26H31N3O3/c1-17-10-11-20(18(2)16-17)23-24(28(4)19-12-14-27(3)15-13-19)26(31)29(25(23)30)21-8-6-7-9-22(21)32-5/h6-11,16,19H,12-15H2,1-5H3. The predicted molar refractivity (Wildman–Crippen MR) is 127 cm³/mol. The molecule has 0 atom stereocenters. The first kappa shape index (κ1) is 22.1. The average Bonchev–Trinajstić information content (AvgIpc) is 3.03. The first-order chi connectivity index (χ1) is 15.3. The number of hydrogen-bond donors (Lipinski definition) is 0. The van der Waals surface area contributed by atoms with Gasteiger partial charge in [0.15, 0.2) is 0 Å². The van der Waals surface area contributed by atoms with Gasteiger partial charge in [-0.25, -0.2) is 4.90 Å². The van der Waals surface area contributed by atoms with Gasteiger partial charge in [-0.2, -0.15) is 0 Å². The molecule has 1 fully saturated rings. The number of piperidine rings is 1. The van der Waals surface area contributed by atoms with Crippen LogP contribution in [0.2, 0.25) is 0 Å². The summed E-state index contributed by atoms with van der Waals surface area (Å²) in [5.41, 5.74) is 4.33. The van der Waals surface area contributed by atoms with E-state index in [-0.39, 0.29) is 17.9 Å². The molecule has 2 aliphatic rings. The molecule has 32 heavy (non-hydrogen) atoms. The SMILES string of the molecule is COc1ccccc1N1C(=O)C(c2ccc(C)cc2C)=C(N(C)C2CCN(C)CC2)C1=O. The smallest absolute Gasteiger partial charge is 0.282 e. The summed E-state index contributed by atoms with van der Waals surface area (Å²) < 4.78 is 5.47. The number of aryl methyl sites for hydroxylation is 2. The molecule has 1 saturated heterocycles. The van der Waals surface area contributed by atoms with Crippen LogP contribution in [0.5, 0.6) is 5.75 Å². The Hall–Kier alpha value is -3.12. The van der Waals surface area contributed by atoms with E-state index < -0.39 is 0 Å². The number of ether oxygens (including phenoxy) is 1. The van der Waals surface area contributed by atoms with E-state index in [2.05, 4.69) is 18.0 Å². The van der Waals surface area contributed by atoms with Crippen molar-refractivity contribution >= 4 is 23.1 Å². The number of likely N-dealkylation sites (tertiary alicyclic amines) is 1. The molecule has 0 bridgehead atoms. The van der Waals surface area contributed by atoms with Crippen LogP contribution in [0.25, 0.3) is 5.57 Å². The molecule has 0 unspecified atom stereocenters. The summed E-state index contributed by atoms with van der Waals surface area (Å²) in [6, 6.07) is 13.4. The Morgan fingerprint density at radius 2 is 1.69 bits per heavy atom. The molecule has 0 N–H and O–H groups in total. The van der Waals surface area contributed by atoms with Crippen molar-refractivity contribution in [2.75, 3.05) is 39.2 Å². The van der Waals surface area contributed by atoms with Crippen molar-refractivity contribution in [3.63, 3.8) is 0 Å². The predicted octanol–water partition coefficient (Wildman–Crippen LogP) is 3.62. The number of carbonyl (C=O) groups excluding carboxylic acids is 2. The number of hydrogen-bond acceptors (Lipinski definition) is 5. The molecule has 0 spiro atoms. The fourth-order valence-corrected chi connectivity index (χ4v) is 4.78. The molecule has 6 heteroatoms. The Morgan fingerprint density at radius 3 is 2.34 bits per heavy atom. The van der Waals surface area contributed by atoms with Crippen molar-refractivity contribution in [1.29, 1.82) is 0 Å². The molecule has 2 aromatic rings. The number of methoxy groups -OCH3 is 1. The highest BCUT2D eigenvalue weighted by Gasteiger charge is 2.44. The molecule has 2 aliphatic heterocycles. The summed E-state index contributed by atoms with van der Waals surface area (Å²) in [6.07, 6.45) is 1.90. The summed E-state index contributed by atoms with van der Waals surface area (Å²) in [5, 5.41) is 0. The van der Waals surface area contributed by atoms with Gasteiger partial charge in [-0.15, -0.1) is 0 Å². The van der Waals surface area contributed by atoms with Crippen molar-refractivity contribution in [1.82, 2.24) is 9.80 Å². The van der Waals surface area contributed by atoms with Crippen LogP contribution in [0.4, 0.5) is 5.69 Å². The molecular formula is C26H31N3O3. The second-order valence-electron chi connectivity index (χ2n) is 8.80. The minimum Gasteiger partial charge on any atom is -0.495 e. The maximum atomic E-state index is 13.8. The first-order valence-corrected chi connectivity index (χ1v) is 11.1. The van der Waals surface area contributed by atoms with Crippen LogP contribution in [0.1, 0.15) is 29.5 Å². The topological polar surface area (TPSA) is 53.1 Å². The summed E-state index contributed by atoms with van der Waals surface area (Å²) in [7, 11) is 5.61. The second-order valence-corrected chi connectivity index (χ2v) is 8.80. The number of rotatable bonds is 5. The molecule has 2 aromatic carbocycles. The Balaban J connectivity index is 1.84. The van der Waals surface area contributed by atoms with Gasteiger partial charge in [-0.1, -0.05) is 35.9 Å². The van der Waals surface area contributed by atoms with Crippen LogP contribution < -0.4 is 9.64 Å². The minimum absolute atomic E-state index is 0.205. The Morgan fingerprint density at radius 1 is 1.00 bits per heavy atom. The lowest BCUT2D eigenvalue weighted by Gasteiger charge is -2.36. The minimum atomic E-state index is -0.304. The number of benzene rings is 2. The van der Waals surface area contributed by atoms with E-state index in [1.807, 2.05) is 50.1 Å². The van der Waals surface area contributed by atoms with Gasteiger partial charge in [0.2, 0.25) is 0 Å². The molecule has 0 aromatic heterocycles. The van der Waals surface area contributed by atoms with Gasteiger partial charge in [0, 0.05) is 13.1 Å². The van der Waals surface area contributed by atoms with Crippen LogP contribution in [-0.2, 0) is 9.59 Å². The van der Waals surface area contributed by atoms with Crippen molar-refractivity contribution in [2.45, 2.75) is 32.7 Å². The van der Waals surface area contributed by atoms with E-state index in [1.165, 1.54) is 4.90 Å². The highest BCUT2D eigenvalue weighted by atomic mass is 16.5. The molecule has 2 amide bonds. The van der Waals surface area contributed by atoms with Gasteiger partial charge in [-0.3, -0.25) is 9.59 Å². The van der Waals surface area contributed by atoms with E-state index in [0.717, 1.165) is 42.6 Å². The number of para-hydroxylation sites is 2. The number of amides is 2. The van der Waals surface area contributed by atoms with Crippen LogP contribution >= 0.6 is 0 Å². The fourth-order valence-electron chi connectivity index (χ4n) is 4.78. The van der Waals surface area contributed by atoms with E-state index >= 15 is 0 Å². The Kier molecular flexibility index (Phi) is 6.07. The third-order valence-electron chi connectivity index (χ3n) is 6.63. The van der Waals surface area contributed by atoms with E-state index in [1.54, 1.807) is 19.2 Å². The maximum absolute atomic E-state index is 13.8. The number of carbonyl (C=O) groups is 2. The molecular weight excluding hydrogens is 402 g/mol. The number of imide groups is 1. The van der Waals surface area contributed by atoms with Crippen LogP contribution in [0.3, 0.4) is 0 Å². The lowest BCUT2D eigenvalue weighted by molar-refractivity contribution is -0.120. The molecule has 0 aliphatic carbocycles. The van der Waals surface area contributed by atoms with E-state index in [4.69, 9.17) is 4.74 Å². The largest absolute Gasteiger partial charge is 0.495 e. The zero-order valence-corrected chi connectivity index (χ0v) is 19.5. The number of anilines is 1. The zero-order valence-electron chi connectivity index (χ0n) is 19.5. The van der Waals surface area contributed by atoms with Gasteiger partial charge in [0.05, 0.1) is 18.4 Å². The normalized spacial score (nSPS) is 18.0. The van der Waals surface area contributed by atoms with Gasteiger partial charge in [0.1, 0.15) is 11.4 Å². The number of nitrogens with zero attached hydrogens (tertiary/aromatic N) is 3. The summed E-state index contributed by atoms with van der Waals surface area (Å²) >= 11 is 0. The first-order valence-electron chi connectivity index (χ1n) is 11.1. The molecule has 0 saturated carbocycles. The van der Waals surface area contributed by atoms with Crippen molar-refractivity contribution in [3.05, 3.63) is 64.9 Å². The monoisotopic (exact) mass is 433 g/mol. The zero-order chi connectivity index (χ0) is 23.0. The third kappa shape index (κ3) is 3.79. The Bertz CT molecular complexity index is 1080. The second kappa shape index (κ2) is 8.79. The van der Waals surface area contributed by atoms with Crippen LogP contribution in [0.15, 0.2) is 48.2 Å². The lowest BCUT2D eigenvalue weighted by Crippen LogP contribution is -2.43. The van der Waals surface area contributed by atoms with Crippen LogP contribution in [-0.4, -0.2) is 62.0 Å². The van der Waals surface area contributed by atoms with E-state index in [0.29, 0.717) is 22.7 Å². The van der Waals surface area contributed by atoms with Crippen molar-refractivity contribution in [3.8, 4) is 5.75 Å². The lowest BCUT2D eigenvalue weighted by atomic mass is 9.96. The summed E-state index contributed by atoms with van der Waals surface area (Å²) in [6.45, 7) is 5.96. The molecule has 2 heterocycles. The quantitative estimate of drug-likeness (QED) is 0.674. The van der Waals surface area contributed by atoms with Gasteiger partial charge in [0.25, 0.3) is 11.8 Å². The summed E-state index contributed by atoms with van der Waals surface area (Å²) in [5.74, 6) is -0.102. The highest BCUT2D eigenvalue weighted by molar-refractivity contribution is 6.45. The highest BCUT2D eigenvalue weighted by Crippen LogP contribution is 2.40. The number of likely N-dealkylation sites (N-methyl/N-ethyl adjacent to an activating group) is 1. The average molecular weight is 434 g/mol. The van der Waals surface area contributed by atoms with Crippen molar-refractivity contribution in [2.24, 2.45) is 0 Å². The fraction of sp³-hybridized carbons (Fsp3) is 0.385. The van der Waals surface area contributed by atoms with Gasteiger partial charge < -0.3 is 14.5 Å². The third-order valence-corrected chi connectivity index (χ3v) is 6.63. The van der Waals surface area contributed by atoms with E-state index in [9.17, 15) is 9.59 Å². The summed E-state index contributed by atoms with van der Waals surface area (Å²) in [4.78, 5) is 33.3. The molecule has 4 rings (SSSR count). The molecule has 6 nitrogen and oxygen atoms in total. The Labute approximate surface area is 190 Å². The molecule has 0 radical (unpaired) electrons. The maximum Gasteiger partial charge on any atom is 0.282 e. The van der Waals surface area contributed by atoms with Crippen LogP contribution in [0, 0.1) is 13.8 Å².